The van der Waals surface area contributed by atoms with Gasteiger partial charge in [-0.25, -0.2) is 4.39 Å². The van der Waals surface area contributed by atoms with Gasteiger partial charge in [-0.15, -0.1) is 12.3 Å². The molecule has 0 aliphatic carbocycles. The normalized spacial score (nSPS) is 20.4. The first-order valence-corrected chi connectivity index (χ1v) is 7.68. The molecule has 5 nitrogen and oxygen atoms in total. The second-order valence-corrected chi connectivity index (χ2v) is 5.91. The monoisotopic (exact) mass is 315 g/mol. The van der Waals surface area contributed by atoms with Gasteiger partial charge in [0.2, 0.25) is 5.91 Å². The number of benzene rings is 1. The third-order valence-corrected chi connectivity index (χ3v) is 4.09. The first-order chi connectivity index (χ1) is 11.0. The standard InChI is InChI=1S/C17H18FN3O2/c1-3-4-9-17(19-20-17)10-8-15(22)21-11-12(2)23-16-13(18)6-5-7-14(16)21/h1,5-7,12H,4,8-11H2,2H3. The molecule has 1 aromatic carbocycles. The molecule has 1 atom stereocenters. The van der Waals surface area contributed by atoms with Crippen molar-refractivity contribution in [3.05, 3.63) is 24.0 Å². The molecule has 1 amide bonds. The van der Waals surface area contributed by atoms with Crippen molar-refractivity contribution < 1.29 is 13.9 Å². The van der Waals surface area contributed by atoms with Crippen LogP contribution in [0.5, 0.6) is 5.75 Å². The smallest absolute Gasteiger partial charge is 0.227 e. The van der Waals surface area contributed by atoms with Gasteiger partial charge in [-0.1, -0.05) is 6.07 Å². The number of para-hydroxylation sites is 1. The molecule has 3 rings (SSSR count). The summed E-state index contributed by atoms with van der Waals surface area (Å²) in [5, 5.41) is 8.07. The van der Waals surface area contributed by atoms with Crippen LogP contribution in [0.4, 0.5) is 10.1 Å². The van der Waals surface area contributed by atoms with Crippen LogP contribution in [-0.2, 0) is 4.79 Å². The maximum Gasteiger partial charge on any atom is 0.227 e. The molecule has 0 saturated carbocycles. The van der Waals surface area contributed by atoms with Crippen molar-refractivity contribution in [2.45, 2.75) is 44.4 Å². The number of amides is 1. The van der Waals surface area contributed by atoms with Crippen LogP contribution in [0, 0.1) is 18.2 Å². The Morgan fingerprint density at radius 3 is 3.00 bits per heavy atom. The molecule has 0 spiro atoms. The summed E-state index contributed by atoms with van der Waals surface area (Å²) < 4.78 is 19.4. The molecule has 2 aliphatic rings. The quantitative estimate of drug-likeness (QED) is 0.783. The number of fused-ring (bicyclic) bond motifs is 1. The van der Waals surface area contributed by atoms with Crippen LogP contribution in [0.15, 0.2) is 28.4 Å². The lowest BCUT2D eigenvalue weighted by Gasteiger charge is -2.33. The van der Waals surface area contributed by atoms with Crippen molar-refractivity contribution in [2.75, 3.05) is 11.4 Å². The summed E-state index contributed by atoms with van der Waals surface area (Å²) in [5.41, 5.74) is 0.000450. The highest BCUT2D eigenvalue weighted by Crippen LogP contribution is 2.39. The van der Waals surface area contributed by atoms with E-state index in [4.69, 9.17) is 11.2 Å². The minimum Gasteiger partial charge on any atom is -0.484 e. The molecule has 2 aliphatic heterocycles. The van der Waals surface area contributed by atoms with Crippen LogP contribution in [0.3, 0.4) is 0 Å². The second kappa shape index (κ2) is 5.99. The van der Waals surface area contributed by atoms with E-state index < -0.39 is 11.5 Å². The predicted molar refractivity (Wildman–Crippen MR) is 83.7 cm³/mol. The Balaban J connectivity index is 1.69. The van der Waals surface area contributed by atoms with Gasteiger partial charge in [-0.3, -0.25) is 4.79 Å². The Kier molecular flexibility index (Phi) is 4.03. The van der Waals surface area contributed by atoms with E-state index in [0.717, 1.165) is 0 Å². The van der Waals surface area contributed by atoms with Crippen molar-refractivity contribution >= 4 is 11.6 Å². The highest BCUT2D eigenvalue weighted by molar-refractivity contribution is 5.95. The Hall–Kier alpha value is -2.42. The molecule has 6 heteroatoms. The summed E-state index contributed by atoms with van der Waals surface area (Å²) in [6.07, 6.45) is 7.08. The van der Waals surface area contributed by atoms with Gasteiger partial charge in [-0.05, 0) is 19.1 Å². The Bertz CT molecular complexity index is 690. The van der Waals surface area contributed by atoms with Crippen molar-refractivity contribution in [2.24, 2.45) is 10.2 Å². The molecule has 120 valence electrons. The zero-order valence-corrected chi connectivity index (χ0v) is 13.0. The van der Waals surface area contributed by atoms with Gasteiger partial charge < -0.3 is 9.64 Å². The number of carbonyl (C=O) groups excluding carboxylic acids is 1. The number of hydrogen-bond donors (Lipinski definition) is 0. The number of rotatable bonds is 5. The van der Waals surface area contributed by atoms with E-state index in [-0.39, 0.29) is 17.8 Å². The summed E-state index contributed by atoms with van der Waals surface area (Å²) in [7, 11) is 0. The van der Waals surface area contributed by atoms with E-state index in [1.165, 1.54) is 6.07 Å². The fraction of sp³-hybridized carbons (Fsp3) is 0.471. The van der Waals surface area contributed by atoms with Gasteiger partial charge in [0.1, 0.15) is 6.10 Å². The van der Waals surface area contributed by atoms with Crippen LogP contribution < -0.4 is 9.64 Å². The number of nitrogens with zero attached hydrogens (tertiary/aromatic N) is 3. The number of carbonyl (C=O) groups is 1. The summed E-state index contributed by atoms with van der Waals surface area (Å²) in [4.78, 5) is 14.2. The van der Waals surface area contributed by atoms with Gasteiger partial charge in [0, 0.05) is 25.7 Å². The second-order valence-electron chi connectivity index (χ2n) is 5.91. The molecule has 2 heterocycles. The minimum absolute atomic E-state index is 0.0793. The third-order valence-electron chi connectivity index (χ3n) is 4.09. The zero-order chi connectivity index (χ0) is 16.4. The number of terminal acetylenes is 1. The topological polar surface area (TPSA) is 54.3 Å². The lowest BCUT2D eigenvalue weighted by molar-refractivity contribution is -0.119. The Morgan fingerprint density at radius 2 is 2.30 bits per heavy atom. The van der Waals surface area contributed by atoms with E-state index in [9.17, 15) is 9.18 Å². The largest absolute Gasteiger partial charge is 0.484 e. The van der Waals surface area contributed by atoms with Gasteiger partial charge in [0.05, 0.1) is 12.2 Å². The maximum absolute atomic E-state index is 13.9. The van der Waals surface area contributed by atoms with E-state index in [0.29, 0.717) is 37.9 Å². The summed E-state index contributed by atoms with van der Waals surface area (Å²) in [5.74, 6) is 2.17. The van der Waals surface area contributed by atoms with Crippen LogP contribution in [0.25, 0.3) is 0 Å². The highest BCUT2D eigenvalue weighted by Gasteiger charge is 2.40. The van der Waals surface area contributed by atoms with Crippen LogP contribution >= 0.6 is 0 Å². The van der Waals surface area contributed by atoms with Crippen molar-refractivity contribution in [3.63, 3.8) is 0 Å². The SMILES string of the molecule is C#CCCC1(CCC(=O)N2CC(C)Oc3c(F)cccc32)N=N1. The summed E-state index contributed by atoms with van der Waals surface area (Å²) in [6, 6.07) is 4.60. The molecule has 0 bridgehead atoms. The van der Waals surface area contributed by atoms with Gasteiger partial charge >= 0.3 is 0 Å². The molecule has 1 aromatic rings. The average Bonchev–Trinajstić information content (AvgIpc) is 3.31. The van der Waals surface area contributed by atoms with Crippen molar-refractivity contribution in [1.82, 2.24) is 0 Å². The molecule has 0 saturated heterocycles. The van der Waals surface area contributed by atoms with Gasteiger partial charge in [0.15, 0.2) is 17.2 Å². The van der Waals surface area contributed by atoms with Crippen LogP contribution in [0.2, 0.25) is 0 Å². The van der Waals surface area contributed by atoms with Gasteiger partial charge in [0.25, 0.3) is 0 Å². The molecular weight excluding hydrogens is 297 g/mol. The zero-order valence-electron chi connectivity index (χ0n) is 13.0. The molecule has 0 aromatic heterocycles. The highest BCUT2D eigenvalue weighted by atomic mass is 19.1. The fourth-order valence-corrected chi connectivity index (χ4v) is 2.77. The molecule has 0 radical (unpaired) electrons. The molecule has 1 unspecified atom stereocenters. The number of anilines is 1. The van der Waals surface area contributed by atoms with Gasteiger partial charge in [-0.2, -0.15) is 10.2 Å². The first kappa shape index (κ1) is 15.5. The number of halogens is 1. The molecule has 0 fully saturated rings. The maximum atomic E-state index is 13.9. The van der Waals surface area contributed by atoms with E-state index in [1.54, 1.807) is 17.0 Å². The third kappa shape index (κ3) is 3.19. The number of hydrogen-bond acceptors (Lipinski definition) is 4. The average molecular weight is 315 g/mol. The van der Waals surface area contributed by atoms with E-state index >= 15 is 0 Å². The molecular formula is C17H18FN3O2. The minimum atomic E-state index is -0.481. The Labute approximate surface area is 134 Å². The lowest BCUT2D eigenvalue weighted by atomic mass is 10.0. The fourth-order valence-electron chi connectivity index (χ4n) is 2.77. The molecule has 23 heavy (non-hydrogen) atoms. The van der Waals surface area contributed by atoms with Crippen LogP contribution in [0.1, 0.15) is 32.6 Å². The summed E-state index contributed by atoms with van der Waals surface area (Å²) >= 11 is 0. The van der Waals surface area contributed by atoms with E-state index in [2.05, 4.69) is 16.1 Å². The van der Waals surface area contributed by atoms with Crippen molar-refractivity contribution in [3.8, 4) is 18.1 Å². The molecule has 0 N–H and O–H groups in total. The Morgan fingerprint density at radius 1 is 1.52 bits per heavy atom. The van der Waals surface area contributed by atoms with Crippen LogP contribution in [-0.4, -0.2) is 24.2 Å². The summed E-state index contributed by atoms with van der Waals surface area (Å²) in [6.45, 7) is 2.22. The van der Waals surface area contributed by atoms with E-state index in [1.807, 2.05) is 6.92 Å². The first-order valence-electron chi connectivity index (χ1n) is 7.68. The predicted octanol–water partition coefficient (Wildman–Crippen LogP) is 3.30. The number of ether oxygens (including phenoxy) is 1. The lowest BCUT2D eigenvalue weighted by Crippen LogP contribution is -2.42. The van der Waals surface area contributed by atoms with Crippen molar-refractivity contribution in [1.29, 1.82) is 0 Å².